The summed E-state index contributed by atoms with van der Waals surface area (Å²) in [6, 6.07) is 14.1. The first-order valence-electron chi connectivity index (χ1n) is 6.83. The number of anilines is 1. The normalized spacial score (nSPS) is 10.3. The number of carbonyl (C=O) groups excluding carboxylic acids is 1. The van der Waals surface area contributed by atoms with Crippen LogP contribution in [0.1, 0.15) is 5.56 Å². The minimum Gasteiger partial charge on any atom is -0.325 e. The van der Waals surface area contributed by atoms with Gasteiger partial charge in [0.1, 0.15) is 0 Å². The zero-order valence-corrected chi connectivity index (χ0v) is 14.2. The van der Waals surface area contributed by atoms with Gasteiger partial charge in [-0.2, -0.15) is 0 Å². The Hall–Kier alpha value is -1.99. The lowest BCUT2D eigenvalue weighted by molar-refractivity contribution is -0.384. The standard InChI is InChI=1S/C16H16N2O3S2/c1-22-15-4-2-3-13(9-15)17-16(19)11-23-10-12-5-7-14(8-6-12)18(20)21/h2-9H,10-11H2,1H3,(H,17,19). The number of carbonyl (C=O) groups is 1. The zero-order chi connectivity index (χ0) is 16.7. The molecule has 2 aromatic rings. The van der Waals surface area contributed by atoms with Crippen LogP contribution in [0, 0.1) is 10.1 Å². The molecule has 0 spiro atoms. The van der Waals surface area contributed by atoms with Gasteiger partial charge in [-0.05, 0) is 30.0 Å². The molecule has 0 saturated heterocycles. The molecule has 5 nitrogen and oxygen atoms in total. The quantitative estimate of drug-likeness (QED) is 0.461. The van der Waals surface area contributed by atoms with Crippen LogP contribution in [0.25, 0.3) is 0 Å². The lowest BCUT2D eigenvalue weighted by Crippen LogP contribution is -2.14. The molecule has 0 bridgehead atoms. The van der Waals surface area contributed by atoms with Gasteiger partial charge in [-0.15, -0.1) is 23.5 Å². The van der Waals surface area contributed by atoms with Gasteiger partial charge in [0.25, 0.3) is 5.69 Å². The lowest BCUT2D eigenvalue weighted by atomic mass is 10.2. The largest absolute Gasteiger partial charge is 0.325 e. The molecule has 0 aliphatic rings. The average molecular weight is 348 g/mol. The number of nitrogens with one attached hydrogen (secondary N) is 1. The van der Waals surface area contributed by atoms with E-state index in [-0.39, 0.29) is 11.6 Å². The molecule has 0 aromatic heterocycles. The number of thioether (sulfide) groups is 2. The van der Waals surface area contributed by atoms with Crippen LogP contribution < -0.4 is 5.32 Å². The van der Waals surface area contributed by atoms with E-state index in [0.717, 1.165) is 16.1 Å². The Bertz CT molecular complexity index is 690. The molecule has 1 N–H and O–H groups in total. The van der Waals surface area contributed by atoms with E-state index in [1.165, 1.54) is 23.9 Å². The van der Waals surface area contributed by atoms with Crippen LogP contribution in [0.4, 0.5) is 11.4 Å². The van der Waals surface area contributed by atoms with Crippen molar-refractivity contribution in [2.45, 2.75) is 10.6 Å². The predicted octanol–water partition coefficient (Wildman–Crippen LogP) is 4.19. The van der Waals surface area contributed by atoms with Crippen molar-refractivity contribution in [3.63, 3.8) is 0 Å². The molecule has 7 heteroatoms. The molecule has 0 aliphatic carbocycles. The second kappa shape index (κ2) is 8.59. The van der Waals surface area contributed by atoms with Crippen molar-refractivity contribution >= 4 is 40.8 Å². The fourth-order valence-electron chi connectivity index (χ4n) is 1.87. The molecule has 0 saturated carbocycles. The van der Waals surface area contributed by atoms with Crippen LogP contribution in [0.3, 0.4) is 0 Å². The Kier molecular flexibility index (Phi) is 6.49. The van der Waals surface area contributed by atoms with Crippen LogP contribution >= 0.6 is 23.5 Å². The molecule has 0 heterocycles. The van der Waals surface area contributed by atoms with Gasteiger partial charge in [-0.3, -0.25) is 14.9 Å². The Morgan fingerprint density at radius 2 is 1.96 bits per heavy atom. The van der Waals surface area contributed by atoms with E-state index in [1.54, 1.807) is 23.9 Å². The van der Waals surface area contributed by atoms with Crippen LogP contribution in [0.2, 0.25) is 0 Å². The van der Waals surface area contributed by atoms with Gasteiger partial charge in [0.2, 0.25) is 5.91 Å². The number of non-ortho nitro benzene ring substituents is 1. The van der Waals surface area contributed by atoms with Crippen molar-refractivity contribution in [2.24, 2.45) is 0 Å². The molecule has 0 fully saturated rings. The topological polar surface area (TPSA) is 72.2 Å². The van der Waals surface area contributed by atoms with Gasteiger partial charge in [0, 0.05) is 28.5 Å². The minimum absolute atomic E-state index is 0.0600. The van der Waals surface area contributed by atoms with Gasteiger partial charge in [-0.1, -0.05) is 18.2 Å². The number of hydrogen-bond donors (Lipinski definition) is 1. The fraction of sp³-hybridized carbons (Fsp3) is 0.188. The molecule has 23 heavy (non-hydrogen) atoms. The van der Waals surface area contributed by atoms with Crippen molar-refractivity contribution in [1.82, 2.24) is 0 Å². The van der Waals surface area contributed by atoms with Gasteiger partial charge in [-0.25, -0.2) is 0 Å². The third-order valence-electron chi connectivity index (χ3n) is 3.00. The Balaban J connectivity index is 1.79. The highest BCUT2D eigenvalue weighted by atomic mass is 32.2. The first kappa shape index (κ1) is 17.4. The highest BCUT2D eigenvalue weighted by Crippen LogP contribution is 2.20. The number of nitro benzene ring substituents is 1. The molecule has 0 unspecified atom stereocenters. The van der Waals surface area contributed by atoms with Crippen LogP contribution in [0.5, 0.6) is 0 Å². The lowest BCUT2D eigenvalue weighted by Gasteiger charge is -2.06. The fourth-order valence-corrected chi connectivity index (χ4v) is 3.12. The average Bonchev–Trinajstić information content (AvgIpc) is 2.55. The first-order valence-corrected chi connectivity index (χ1v) is 9.21. The number of nitrogens with zero attached hydrogens (tertiary/aromatic N) is 1. The van der Waals surface area contributed by atoms with Crippen LogP contribution in [-0.2, 0) is 10.5 Å². The van der Waals surface area contributed by atoms with E-state index in [2.05, 4.69) is 5.32 Å². The van der Waals surface area contributed by atoms with Crippen LogP contribution in [-0.4, -0.2) is 22.8 Å². The first-order chi connectivity index (χ1) is 11.1. The van der Waals surface area contributed by atoms with E-state index in [4.69, 9.17) is 0 Å². The smallest absolute Gasteiger partial charge is 0.269 e. The van der Waals surface area contributed by atoms with Crippen molar-refractivity contribution in [3.8, 4) is 0 Å². The summed E-state index contributed by atoms with van der Waals surface area (Å²) in [7, 11) is 0. The second-order valence-corrected chi connectivity index (χ2v) is 6.56. The van der Waals surface area contributed by atoms with E-state index in [1.807, 2.05) is 30.5 Å². The number of nitro groups is 1. The maximum Gasteiger partial charge on any atom is 0.269 e. The summed E-state index contributed by atoms with van der Waals surface area (Å²) in [4.78, 5) is 23.2. The molecule has 120 valence electrons. The number of hydrogen-bond acceptors (Lipinski definition) is 5. The monoisotopic (exact) mass is 348 g/mol. The van der Waals surface area contributed by atoms with Gasteiger partial charge in [0.15, 0.2) is 0 Å². The van der Waals surface area contributed by atoms with Crippen molar-refractivity contribution in [1.29, 1.82) is 0 Å². The third kappa shape index (κ3) is 5.61. The number of rotatable bonds is 7. The minimum atomic E-state index is -0.424. The molecule has 0 aliphatic heterocycles. The third-order valence-corrected chi connectivity index (χ3v) is 4.73. The molecule has 0 radical (unpaired) electrons. The van der Waals surface area contributed by atoms with Gasteiger partial charge in [0.05, 0.1) is 10.7 Å². The highest BCUT2D eigenvalue weighted by molar-refractivity contribution is 7.99. The van der Waals surface area contributed by atoms with Crippen LogP contribution in [0.15, 0.2) is 53.4 Å². The summed E-state index contributed by atoms with van der Waals surface area (Å²) in [5.41, 5.74) is 1.82. The van der Waals surface area contributed by atoms with E-state index < -0.39 is 4.92 Å². The summed E-state index contributed by atoms with van der Waals surface area (Å²) in [6.07, 6.45) is 1.99. The summed E-state index contributed by atoms with van der Waals surface area (Å²) in [5.74, 6) is 0.909. The molecule has 1 amide bonds. The molecule has 2 aromatic carbocycles. The van der Waals surface area contributed by atoms with Gasteiger partial charge >= 0.3 is 0 Å². The van der Waals surface area contributed by atoms with E-state index in [0.29, 0.717) is 11.5 Å². The Morgan fingerprint density at radius 1 is 1.22 bits per heavy atom. The zero-order valence-electron chi connectivity index (χ0n) is 12.5. The maximum atomic E-state index is 11.9. The summed E-state index contributed by atoms with van der Waals surface area (Å²) >= 11 is 3.09. The molecular weight excluding hydrogens is 332 g/mol. The second-order valence-electron chi connectivity index (χ2n) is 4.70. The Morgan fingerprint density at radius 3 is 2.61 bits per heavy atom. The van der Waals surface area contributed by atoms with Gasteiger partial charge < -0.3 is 5.32 Å². The highest BCUT2D eigenvalue weighted by Gasteiger charge is 2.06. The van der Waals surface area contributed by atoms with Crippen molar-refractivity contribution in [3.05, 3.63) is 64.2 Å². The van der Waals surface area contributed by atoms with E-state index in [9.17, 15) is 14.9 Å². The summed E-state index contributed by atoms with van der Waals surface area (Å²) in [6.45, 7) is 0. The summed E-state index contributed by atoms with van der Waals surface area (Å²) < 4.78 is 0. The van der Waals surface area contributed by atoms with Crippen molar-refractivity contribution < 1.29 is 9.72 Å². The summed E-state index contributed by atoms with van der Waals surface area (Å²) in [5, 5.41) is 13.4. The molecule has 0 atom stereocenters. The Labute approximate surface area is 143 Å². The van der Waals surface area contributed by atoms with Crippen molar-refractivity contribution in [2.75, 3.05) is 17.3 Å². The predicted molar refractivity (Wildman–Crippen MR) is 96.1 cm³/mol. The molecular formula is C16H16N2O3S2. The maximum absolute atomic E-state index is 11.9. The number of amides is 1. The molecule has 2 rings (SSSR count). The SMILES string of the molecule is CSc1cccc(NC(=O)CSCc2ccc([N+](=O)[O-])cc2)c1. The number of benzene rings is 2. The van der Waals surface area contributed by atoms with E-state index >= 15 is 0 Å².